The first-order chi connectivity index (χ1) is 13.9. The molecule has 0 radical (unpaired) electrons. The molecule has 2 aromatic carbocycles. The molecule has 0 saturated heterocycles. The van der Waals surface area contributed by atoms with E-state index in [2.05, 4.69) is 38.1 Å². The molecule has 5 nitrogen and oxygen atoms in total. The molecule has 29 heavy (non-hydrogen) atoms. The van der Waals surface area contributed by atoms with Crippen LogP contribution in [-0.4, -0.2) is 29.4 Å². The van der Waals surface area contributed by atoms with Crippen LogP contribution in [0.5, 0.6) is 5.75 Å². The third-order valence-corrected chi connectivity index (χ3v) is 4.95. The Labute approximate surface area is 172 Å². The zero-order valence-electron chi connectivity index (χ0n) is 17.0. The first kappa shape index (κ1) is 20.6. The predicted octanol–water partition coefficient (Wildman–Crippen LogP) is 3.88. The minimum Gasteiger partial charge on any atom is -0.484 e. The minimum absolute atomic E-state index is 0.0227. The second-order valence-electron chi connectivity index (χ2n) is 7.75. The summed E-state index contributed by atoms with van der Waals surface area (Å²) in [5, 5.41) is 0. The molecular formula is C24H28N2O3. The Balaban J connectivity index is 1.61. The molecule has 0 spiro atoms. The summed E-state index contributed by atoms with van der Waals surface area (Å²) >= 11 is 0. The molecule has 152 valence electrons. The van der Waals surface area contributed by atoms with Crippen molar-refractivity contribution in [2.75, 3.05) is 6.61 Å². The van der Waals surface area contributed by atoms with Gasteiger partial charge in [-0.05, 0) is 53.7 Å². The van der Waals surface area contributed by atoms with Gasteiger partial charge in [0.05, 0.1) is 0 Å². The van der Waals surface area contributed by atoms with Crippen LogP contribution in [0.25, 0.3) is 6.08 Å². The van der Waals surface area contributed by atoms with Crippen LogP contribution in [0.2, 0.25) is 0 Å². The number of hydrogen-bond donors (Lipinski definition) is 1. The van der Waals surface area contributed by atoms with Gasteiger partial charge in [0.1, 0.15) is 5.75 Å². The average molecular weight is 392 g/mol. The van der Waals surface area contributed by atoms with Crippen LogP contribution in [0.4, 0.5) is 0 Å². The maximum Gasteiger partial charge on any atom is 0.255 e. The van der Waals surface area contributed by atoms with Crippen LogP contribution < -0.4 is 10.5 Å². The van der Waals surface area contributed by atoms with Crippen molar-refractivity contribution in [1.82, 2.24) is 4.90 Å². The first-order valence-electron chi connectivity index (χ1n) is 10.0. The maximum absolute atomic E-state index is 12.8. The van der Waals surface area contributed by atoms with E-state index >= 15 is 0 Å². The summed E-state index contributed by atoms with van der Waals surface area (Å²) < 4.78 is 5.24. The van der Waals surface area contributed by atoms with Gasteiger partial charge in [-0.1, -0.05) is 50.2 Å². The molecule has 0 aromatic heterocycles. The molecule has 0 bridgehead atoms. The second-order valence-corrected chi connectivity index (χ2v) is 7.75. The van der Waals surface area contributed by atoms with Gasteiger partial charge in [-0.25, -0.2) is 0 Å². The van der Waals surface area contributed by atoms with Crippen molar-refractivity contribution in [2.24, 2.45) is 5.73 Å². The van der Waals surface area contributed by atoms with E-state index in [9.17, 15) is 9.59 Å². The third kappa shape index (κ3) is 6.21. The van der Waals surface area contributed by atoms with Gasteiger partial charge in [-0.3, -0.25) is 9.59 Å². The number of carbonyl (C=O) groups excluding carboxylic acids is 2. The first-order valence-corrected chi connectivity index (χ1v) is 10.0. The molecular weight excluding hydrogens is 364 g/mol. The van der Waals surface area contributed by atoms with Crippen LogP contribution >= 0.6 is 0 Å². The molecule has 0 atom stereocenters. The molecule has 0 unspecified atom stereocenters. The van der Waals surface area contributed by atoms with E-state index in [-0.39, 0.29) is 12.5 Å². The third-order valence-electron chi connectivity index (χ3n) is 4.95. The van der Waals surface area contributed by atoms with Gasteiger partial charge < -0.3 is 15.4 Å². The zero-order valence-corrected chi connectivity index (χ0v) is 17.0. The van der Waals surface area contributed by atoms with Gasteiger partial charge in [0.2, 0.25) is 5.91 Å². The van der Waals surface area contributed by atoms with Crippen LogP contribution in [0.1, 0.15) is 49.3 Å². The summed E-state index contributed by atoms with van der Waals surface area (Å²) in [6, 6.07) is 16.0. The summed E-state index contributed by atoms with van der Waals surface area (Å²) in [7, 11) is 0. The lowest BCUT2D eigenvalue weighted by atomic mass is 10.0. The fourth-order valence-corrected chi connectivity index (χ4v) is 3.07. The summed E-state index contributed by atoms with van der Waals surface area (Å²) in [6.07, 6.45) is 5.56. The maximum atomic E-state index is 12.8. The molecule has 2 N–H and O–H groups in total. The van der Waals surface area contributed by atoms with Crippen molar-refractivity contribution in [2.45, 2.75) is 45.2 Å². The molecule has 5 heteroatoms. The monoisotopic (exact) mass is 392 g/mol. The van der Waals surface area contributed by atoms with Crippen molar-refractivity contribution in [3.05, 3.63) is 71.3 Å². The predicted molar refractivity (Wildman–Crippen MR) is 114 cm³/mol. The number of primary amides is 1. The molecule has 2 amide bonds. The minimum atomic E-state index is -0.515. The van der Waals surface area contributed by atoms with Gasteiger partial charge in [0.15, 0.2) is 6.61 Å². The Morgan fingerprint density at radius 3 is 2.31 bits per heavy atom. The summed E-state index contributed by atoms with van der Waals surface area (Å²) in [4.78, 5) is 25.5. The largest absolute Gasteiger partial charge is 0.484 e. The number of nitrogens with zero attached hydrogens (tertiary/aromatic N) is 1. The number of hydrogen-bond acceptors (Lipinski definition) is 3. The highest BCUT2D eigenvalue weighted by molar-refractivity contribution is 5.92. The SMILES string of the molecule is CC(C)c1ccc(CN(C(=O)/C=C/c2ccc(OCC(N)=O)cc2)C2CC2)cc1. The molecule has 2 aromatic rings. The van der Waals surface area contributed by atoms with Crippen molar-refractivity contribution >= 4 is 17.9 Å². The van der Waals surface area contributed by atoms with Crippen LogP contribution in [0.3, 0.4) is 0 Å². The van der Waals surface area contributed by atoms with E-state index in [1.54, 1.807) is 24.3 Å². The molecule has 1 aliphatic rings. The van der Waals surface area contributed by atoms with E-state index in [0.29, 0.717) is 24.3 Å². The Kier molecular flexibility index (Phi) is 6.70. The molecule has 0 heterocycles. The molecule has 1 fully saturated rings. The normalized spacial score (nSPS) is 13.6. The smallest absolute Gasteiger partial charge is 0.255 e. The van der Waals surface area contributed by atoms with E-state index in [0.717, 1.165) is 24.0 Å². The van der Waals surface area contributed by atoms with Gasteiger partial charge in [-0.2, -0.15) is 0 Å². The Morgan fingerprint density at radius 1 is 1.10 bits per heavy atom. The number of benzene rings is 2. The Morgan fingerprint density at radius 2 is 1.76 bits per heavy atom. The summed E-state index contributed by atoms with van der Waals surface area (Å²) in [5.41, 5.74) is 8.42. The van der Waals surface area contributed by atoms with E-state index in [1.807, 2.05) is 17.0 Å². The van der Waals surface area contributed by atoms with Crippen molar-refractivity contribution in [3.63, 3.8) is 0 Å². The molecule has 1 saturated carbocycles. The molecule has 1 aliphatic carbocycles. The van der Waals surface area contributed by atoms with Crippen molar-refractivity contribution in [3.8, 4) is 5.75 Å². The Bertz CT molecular complexity index is 866. The molecule has 0 aliphatic heterocycles. The number of ether oxygens (including phenoxy) is 1. The standard InChI is InChI=1S/C24H28N2O3/c1-17(2)20-8-3-19(4-9-20)15-26(21-10-11-21)24(28)14-7-18-5-12-22(13-6-18)29-16-23(25)27/h3-9,12-14,17,21H,10-11,15-16H2,1-2H3,(H2,25,27)/b14-7+. The number of nitrogens with two attached hydrogens (primary N) is 1. The highest BCUT2D eigenvalue weighted by Crippen LogP contribution is 2.29. The van der Waals surface area contributed by atoms with E-state index in [1.165, 1.54) is 5.56 Å². The molecule has 3 rings (SSSR count). The lowest BCUT2D eigenvalue weighted by Gasteiger charge is -2.21. The lowest BCUT2D eigenvalue weighted by Crippen LogP contribution is -2.31. The second kappa shape index (κ2) is 9.41. The van der Waals surface area contributed by atoms with Gasteiger partial charge in [0, 0.05) is 18.7 Å². The quantitative estimate of drug-likeness (QED) is 0.658. The summed E-state index contributed by atoms with van der Waals surface area (Å²) in [5.74, 6) is 0.575. The highest BCUT2D eigenvalue weighted by Gasteiger charge is 2.31. The van der Waals surface area contributed by atoms with Crippen LogP contribution in [0.15, 0.2) is 54.6 Å². The van der Waals surface area contributed by atoms with Crippen molar-refractivity contribution < 1.29 is 14.3 Å². The van der Waals surface area contributed by atoms with Crippen LogP contribution in [0, 0.1) is 0 Å². The average Bonchev–Trinajstić information content (AvgIpc) is 3.55. The summed E-state index contributed by atoms with van der Waals surface area (Å²) in [6.45, 7) is 4.83. The van der Waals surface area contributed by atoms with Crippen LogP contribution in [-0.2, 0) is 16.1 Å². The highest BCUT2D eigenvalue weighted by atomic mass is 16.5. The van der Waals surface area contributed by atoms with E-state index in [4.69, 9.17) is 10.5 Å². The topological polar surface area (TPSA) is 72.6 Å². The Hall–Kier alpha value is -3.08. The van der Waals surface area contributed by atoms with Crippen molar-refractivity contribution in [1.29, 1.82) is 0 Å². The van der Waals surface area contributed by atoms with E-state index < -0.39 is 5.91 Å². The number of carbonyl (C=O) groups is 2. The zero-order chi connectivity index (χ0) is 20.8. The number of amides is 2. The van der Waals surface area contributed by atoms with Gasteiger partial charge in [0.25, 0.3) is 5.91 Å². The fourth-order valence-electron chi connectivity index (χ4n) is 3.07. The lowest BCUT2D eigenvalue weighted by molar-refractivity contribution is -0.127. The van der Waals surface area contributed by atoms with Gasteiger partial charge in [-0.15, -0.1) is 0 Å². The fraction of sp³-hybridized carbons (Fsp3) is 0.333. The van der Waals surface area contributed by atoms with Gasteiger partial charge >= 0.3 is 0 Å². The number of rotatable bonds is 9.